The van der Waals surface area contributed by atoms with E-state index in [0.717, 1.165) is 24.1 Å². The Balaban J connectivity index is 2.12. The molecule has 1 heterocycles. The maximum absolute atomic E-state index is 13.4. The Morgan fingerprint density at radius 1 is 1.26 bits per heavy atom. The zero-order valence-electron chi connectivity index (χ0n) is 10.7. The van der Waals surface area contributed by atoms with E-state index in [1.165, 1.54) is 12.1 Å². The second-order valence-corrected chi connectivity index (χ2v) is 4.88. The third kappa shape index (κ3) is 2.42. The molecule has 1 aromatic heterocycles. The monoisotopic (exact) mass is 258 g/mol. The molecule has 1 aromatic carbocycles. The number of nitrogens with one attached hydrogen (secondary N) is 1. The summed E-state index contributed by atoms with van der Waals surface area (Å²) in [5.41, 5.74) is 5.17. The highest BCUT2D eigenvalue weighted by molar-refractivity contribution is 5.62. The summed E-state index contributed by atoms with van der Waals surface area (Å²) in [6.07, 6.45) is 2.28. The van der Waals surface area contributed by atoms with Gasteiger partial charge in [0.2, 0.25) is 0 Å². The molecule has 5 heteroatoms. The molecule has 4 nitrogen and oxygen atoms in total. The first-order valence-electron chi connectivity index (χ1n) is 6.29. The second-order valence-electron chi connectivity index (χ2n) is 4.88. The topological polar surface area (TPSA) is 63.8 Å². The first-order valence-corrected chi connectivity index (χ1v) is 6.29. The number of hydrogen-bond donors (Lipinski definition) is 2. The normalized spacial score (nSPS) is 14.5. The Hall–Kier alpha value is -2.01. The first kappa shape index (κ1) is 12.0. The van der Waals surface area contributed by atoms with Gasteiger partial charge in [0, 0.05) is 23.2 Å². The molecule has 19 heavy (non-hydrogen) atoms. The smallest absolute Gasteiger partial charge is 0.162 e. The molecular formula is C14H15FN4. The van der Waals surface area contributed by atoms with Crippen molar-refractivity contribution in [1.29, 1.82) is 0 Å². The number of anilines is 1. The van der Waals surface area contributed by atoms with Crippen molar-refractivity contribution >= 4 is 5.82 Å². The van der Waals surface area contributed by atoms with E-state index in [-0.39, 0.29) is 5.82 Å². The minimum absolute atomic E-state index is 0.289. The molecule has 1 aliphatic carbocycles. The summed E-state index contributed by atoms with van der Waals surface area (Å²) in [5, 5.41) is 0. The number of rotatable bonds is 3. The zero-order valence-corrected chi connectivity index (χ0v) is 10.7. The molecule has 1 saturated carbocycles. The average Bonchev–Trinajstić information content (AvgIpc) is 3.25. The number of benzene rings is 1. The SMILES string of the molecule is Cc1ccc(F)cc1-c1nc(NN)cc(C2CC2)n1. The fourth-order valence-corrected chi connectivity index (χ4v) is 2.08. The van der Waals surface area contributed by atoms with Crippen molar-refractivity contribution in [2.45, 2.75) is 25.7 Å². The van der Waals surface area contributed by atoms with Gasteiger partial charge in [0.1, 0.15) is 11.6 Å². The highest BCUT2D eigenvalue weighted by Gasteiger charge is 2.26. The van der Waals surface area contributed by atoms with Gasteiger partial charge in [0.05, 0.1) is 0 Å². The molecule has 0 spiro atoms. The number of nitrogen functional groups attached to an aromatic ring is 1. The van der Waals surface area contributed by atoms with Gasteiger partial charge in [-0.3, -0.25) is 0 Å². The molecule has 1 aliphatic rings. The van der Waals surface area contributed by atoms with E-state index < -0.39 is 0 Å². The van der Waals surface area contributed by atoms with E-state index in [2.05, 4.69) is 15.4 Å². The second kappa shape index (κ2) is 4.59. The van der Waals surface area contributed by atoms with Gasteiger partial charge < -0.3 is 5.43 Å². The van der Waals surface area contributed by atoms with Crippen molar-refractivity contribution in [3.8, 4) is 11.4 Å². The van der Waals surface area contributed by atoms with Crippen LogP contribution < -0.4 is 11.3 Å². The van der Waals surface area contributed by atoms with Crippen LogP contribution in [0.2, 0.25) is 0 Å². The number of hydrogen-bond acceptors (Lipinski definition) is 4. The fraction of sp³-hybridized carbons (Fsp3) is 0.286. The van der Waals surface area contributed by atoms with Crippen LogP contribution in [0.4, 0.5) is 10.2 Å². The maximum atomic E-state index is 13.4. The molecule has 3 N–H and O–H groups in total. The van der Waals surface area contributed by atoms with Crippen LogP contribution in [0.5, 0.6) is 0 Å². The summed E-state index contributed by atoms with van der Waals surface area (Å²) in [6, 6.07) is 6.48. The number of halogens is 1. The van der Waals surface area contributed by atoms with Crippen LogP contribution in [0.25, 0.3) is 11.4 Å². The number of nitrogens with two attached hydrogens (primary N) is 1. The van der Waals surface area contributed by atoms with Crippen molar-refractivity contribution in [2.75, 3.05) is 5.43 Å². The van der Waals surface area contributed by atoms with Crippen LogP contribution in [-0.2, 0) is 0 Å². The summed E-state index contributed by atoms with van der Waals surface area (Å²) in [6.45, 7) is 1.91. The molecule has 0 saturated heterocycles. The minimum atomic E-state index is -0.289. The molecule has 1 fully saturated rings. The van der Waals surface area contributed by atoms with Gasteiger partial charge in [-0.25, -0.2) is 20.2 Å². The highest BCUT2D eigenvalue weighted by Crippen LogP contribution is 2.40. The van der Waals surface area contributed by atoms with Gasteiger partial charge in [0.15, 0.2) is 5.82 Å². The zero-order chi connectivity index (χ0) is 13.4. The molecular weight excluding hydrogens is 243 g/mol. The number of aromatic nitrogens is 2. The average molecular weight is 258 g/mol. The predicted molar refractivity (Wildman–Crippen MR) is 71.9 cm³/mol. The van der Waals surface area contributed by atoms with Crippen LogP contribution in [0.1, 0.15) is 30.0 Å². The van der Waals surface area contributed by atoms with Crippen molar-refractivity contribution in [3.63, 3.8) is 0 Å². The molecule has 0 aliphatic heterocycles. The summed E-state index contributed by atoms with van der Waals surface area (Å²) in [4.78, 5) is 8.86. The first-order chi connectivity index (χ1) is 9.17. The Kier molecular flexibility index (Phi) is 2.91. The largest absolute Gasteiger partial charge is 0.308 e. The summed E-state index contributed by atoms with van der Waals surface area (Å²) < 4.78 is 13.4. The van der Waals surface area contributed by atoms with Gasteiger partial charge in [-0.1, -0.05) is 6.07 Å². The van der Waals surface area contributed by atoms with Crippen LogP contribution in [0.15, 0.2) is 24.3 Å². The Morgan fingerprint density at radius 3 is 2.74 bits per heavy atom. The van der Waals surface area contributed by atoms with Crippen LogP contribution in [0.3, 0.4) is 0 Å². The summed E-state index contributed by atoms with van der Waals surface area (Å²) >= 11 is 0. The molecule has 2 aromatic rings. The highest BCUT2D eigenvalue weighted by atomic mass is 19.1. The summed E-state index contributed by atoms with van der Waals surface area (Å²) in [5.74, 6) is 6.73. The lowest BCUT2D eigenvalue weighted by atomic mass is 10.1. The van der Waals surface area contributed by atoms with Gasteiger partial charge in [-0.05, 0) is 37.5 Å². The molecule has 0 atom stereocenters. The standard InChI is InChI=1S/C14H15FN4/c1-8-2-5-10(15)6-11(8)14-17-12(9-3-4-9)7-13(18-14)19-16/h2,5-7,9H,3-4,16H2,1H3,(H,17,18,19). The molecule has 0 unspecified atom stereocenters. The van der Waals surface area contributed by atoms with Crippen LogP contribution in [-0.4, -0.2) is 9.97 Å². The lowest BCUT2D eigenvalue weighted by molar-refractivity contribution is 0.627. The van der Waals surface area contributed by atoms with Crippen LogP contribution in [0, 0.1) is 12.7 Å². The van der Waals surface area contributed by atoms with E-state index in [1.807, 2.05) is 13.0 Å². The third-order valence-corrected chi connectivity index (χ3v) is 3.33. The van der Waals surface area contributed by atoms with Crippen molar-refractivity contribution < 1.29 is 4.39 Å². The van der Waals surface area contributed by atoms with E-state index in [9.17, 15) is 4.39 Å². The van der Waals surface area contributed by atoms with Gasteiger partial charge in [-0.15, -0.1) is 0 Å². The van der Waals surface area contributed by atoms with Crippen LogP contribution >= 0.6 is 0 Å². The molecule has 0 bridgehead atoms. The Labute approximate surface area is 110 Å². The van der Waals surface area contributed by atoms with Gasteiger partial charge in [-0.2, -0.15) is 0 Å². The van der Waals surface area contributed by atoms with Crippen molar-refractivity contribution in [2.24, 2.45) is 5.84 Å². The van der Waals surface area contributed by atoms with E-state index in [0.29, 0.717) is 23.1 Å². The van der Waals surface area contributed by atoms with E-state index in [1.54, 1.807) is 6.07 Å². The van der Waals surface area contributed by atoms with Crippen molar-refractivity contribution in [1.82, 2.24) is 9.97 Å². The quantitative estimate of drug-likeness (QED) is 0.656. The Morgan fingerprint density at radius 2 is 2.05 bits per heavy atom. The lowest BCUT2D eigenvalue weighted by Crippen LogP contribution is -2.10. The lowest BCUT2D eigenvalue weighted by Gasteiger charge is -2.09. The molecule has 98 valence electrons. The molecule has 3 rings (SSSR count). The fourth-order valence-electron chi connectivity index (χ4n) is 2.08. The van der Waals surface area contributed by atoms with Crippen molar-refractivity contribution in [3.05, 3.63) is 41.3 Å². The number of hydrazine groups is 1. The van der Waals surface area contributed by atoms with E-state index >= 15 is 0 Å². The predicted octanol–water partition coefficient (Wildman–Crippen LogP) is 2.75. The van der Waals surface area contributed by atoms with Gasteiger partial charge in [0.25, 0.3) is 0 Å². The molecule has 0 radical (unpaired) electrons. The Bertz CT molecular complexity index is 623. The number of aryl methyl sites for hydroxylation is 1. The molecule has 0 amide bonds. The summed E-state index contributed by atoms with van der Waals surface area (Å²) in [7, 11) is 0. The van der Waals surface area contributed by atoms with Gasteiger partial charge >= 0.3 is 0 Å². The van der Waals surface area contributed by atoms with E-state index in [4.69, 9.17) is 5.84 Å². The minimum Gasteiger partial charge on any atom is -0.308 e. The third-order valence-electron chi connectivity index (χ3n) is 3.33. The number of nitrogens with zero attached hydrogens (tertiary/aromatic N) is 2. The maximum Gasteiger partial charge on any atom is 0.162 e.